The van der Waals surface area contributed by atoms with Gasteiger partial charge in [-0.2, -0.15) is 5.10 Å². The van der Waals surface area contributed by atoms with E-state index in [4.69, 9.17) is 0 Å². The first-order valence-corrected chi connectivity index (χ1v) is 8.64. The summed E-state index contributed by atoms with van der Waals surface area (Å²) in [5.74, 6) is 1.20. The van der Waals surface area contributed by atoms with Crippen LogP contribution in [0.5, 0.6) is 0 Å². The van der Waals surface area contributed by atoms with E-state index in [9.17, 15) is 4.79 Å². The van der Waals surface area contributed by atoms with E-state index >= 15 is 0 Å². The van der Waals surface area contributed by atoms with Gasteiger partial charge < -0.3 is 5.32 Å². The van der Waals surface area contributed by atoms with Crippen molar-refractivity contribution in [3.05, 3.63) is 36.0 Å². The van der Waals surface area contributed by atoms with Crippen LogP contribution in [0.1, 0.15) is 42.0 Å². The van der Waals surface area contributed by atoms with E-state index in [1.54, 1.807) is 18.6 Å². The molecule has 1 fully saturated rings. The second kappa shape index (κ2) is 6.48. The van der Waals surface area contributed by atoms with E-state index in [0.29, 0.717) is 11.5 Å². The fourth-order valence-corrected chi connectivity index (χ4v) is 3.07. The zero-order chi connectivity index (χ0) is 15.5. The van der Waals surface area contributed by atoms with Crippen molar-refractivity contribution in [2.24, 2.45) is 5.92 Å². The number of amides is 1. The molecule has 22 heavy (non-hydrogen) atoms. The summed E-state index contributed by atoms with van der Waals surface area (Å²) in [5, 5.41) is 8.09. The largest absolute Gasteiger partial charge is 0.342 e. The van der Waals surface area contributed by atoms with E-state index in [1.807, 2.05) is 23.9 Å². The summed E-state index contributed by atoms with van der Waals surface area (Å²) >= 11 is 1.47. The fraction of sp³-hybridized carbons (Fsp3) is 0.467. The van der Waals surface area contributed by atoms with Crippen molar-refractivity contribution in [1.29, 1.82) is 0 Å². The van der Waals surface area contributed by atoms with Crippen LogP contribution in [-0.4, -0.2) is 31.9 Å². The number of hydrogen-bond donors (Lipinski definition) is 1. The zero-order valence-electron chi connectivity index (χ0n) is 12.7. The minimum absolute atomic E-state index is 0.0788. The number of hydrogen-bond acceptors (Lipinski definition) is 5. The molecule has 1 aliphatic carbocycles. The third kappa shape index (κ3) is 2.99. The molecule has 7 heteroatoms. The topological polar surface area (TPSA) is 72.7 Å². The Morgan fingerprint density at radius 2 is 2.32 bits per heavy atom. The molecule has 0 spiro atoms. The lowest BCUT2D eigenvalue weighted by atomic mass is 10.1. The molecule has 6 nitrogen and oxygen atoms in total. The Bertz CT molecular complexity index is 667. The number of thioether (sulfide) groups is 1. The third-order valence-electron chi connectivity index (χ3n) is 3.81. The van der Waals surface area contributed by atoms with E-state index in [0.717, 1.165) is 30.2 Å². The van der Waals surface area contributed by atoms with Crippen molar-refractivity contribution < 1.29 is 4.79 Å². The van der Waals surface area contributed by atoms with Crippen molar-refractivity contribution in [3.63, 3.8) is 0 Å². The number of aryl methyl sites for hydroxylation is 1. The maximum atomic E-state index is 12.6. The second-order valence-electron chi connectivity index (χ2n) is 5.28. The maximum absolute atomic E-state index is 12.6. The summed E-state index contributed by atoms with van der Waals surface area (Å²) in [4.78, 5) is 21.2. The van der Waals surface area contributed by atoms with Crippen LogP contribution in [0.15, 0.2) is 29.7 Å². The molecule has 0 aliphatic heterocycles. The van der Waals surface area contributed by atoms with Crippen LogP contribution in [0.3, 0.4) is 0 Å². The minimum atomic E-state index is -0.0972. The molecule has 0 bridgehead atoms. The Labute approximate surface area is 133 Å². The summed E-state index contributed by atoms with van der Waals surface area (Å²) in [6.07, 6.45) is 7.41. The first-order chi connectivity index (χ1) is 10.7. The number of rotatable bonds is 6. The lowest BCUT2D eigenvalue weighted by molar-refractivity contribution is 0.0924. The minimum Gasteiger partial charge on any atom is -0.342 e. The van der Waals surface area contributed by atoms with Crippen LogP contribution < -0.4 is 5.32 Å². The number of nitrogens with zero attached hydrogens (tertiary/aromatic N) is 4. The van der Waals surface area contributed by atoms with Gasteiger partial charge in [-0.1, -0.05) is 0 Å². The monoisotopic (exact) mass is 317 g/mol. The average Bonchev–Trinajstić information content (AvgIpc) is 3.29. The van der Waals surface area contributed by atoms with Gasteiger partial charge in [0.25, 0.3) is 5.91 Å². The van der Waals surface area contributed by atoms with Gasteiger partial charge in [0.15, 0.2) is 0 Å². The van der Waals surface area contributed by atoms with Crippen LogP contribution in [0.2, 0.25) is 0 Å². The van der Waals surface area contributed by atoms with Crippen LogP contribution in [0.4, 0.5) is 0 Å². The van der Waals surface area contributed by atoms with Gasteiger partial charge in [0, 0.05) is 12.7 Å². The Morgan fingerprint density at radius 1 is 1.50 bits per heavy atom. The van der Waals surface area contributed by atoms with Crippen molar-refractivity contribution in [1.82, 2.24) is 25.1 Å². The molecule has 0 unspecified atom stereocenters. The molecular weight excluding hydrogens is 298 g/mol. The second-order valence-corrected chi connectivity index (χ2v) is 6.08. The number of carbonyl (C=O) groups is 1. The quantitative estimate of drug-likeness (QED) is 0.828. The highest BCUT2D eigenvalue weighted by atomic mass is 32.2. The molecule has 1 amide bonds. The zero-order valence-corrected chi connectivity index (χ0v) is 13.5. The summed E-state index contributed by atoms with van der Waals surface area (Å²) in [5.41, 5.74) is 0.614. The molecule has 1 aliphatic rings. The van der Waals surface area contributed by atoms with Crippen molar-refractivity contribution in [3.8, 4) is 0 Å². The Kier molecular flexibility index (Phi) is 4.42. The Balaban J connectivity index is 1.84. The van der Waals surface area contributed by atoms with E-state index in [1.165, 1.54) is 11.8 Å². The first kappa shape index (κ1) is 15.0. The van der Waals surface area contributed by atoms with E-state index in [2.05, 4.69) is 20.4 Å². The van der Waals surface area contributed by atoms with Gasteiger partial charge >= 0.3 is 0 Å². The highest BCUT2D eigenvalue weighted by Crippen LogP contribution is 2.40. The number of carbonyl (C=O) groups excluding carboxylic acids is 1. The number of pyridine rings is 1. The first-order valence-electron chi connectivity index (χ1n) is 7.42. The molecule has 0 radical (unpaired) electrons. The third-order valence-corrected chi connectivity index (χ3v) is 4.52. The molecule has 116 valence electrons. The van der Waals surface area contributed by atoms with Crippen molar-refractivity contribution in [2.45, 2.75) is 37.4 Å². The molecule has 2 aromatic rings. The molecule has 0 saturated heterocycles. The Morgan fingerprint density at radius 3 is 3.00 bits per heavy atom. The molecule has 2 heterocycles. The molecule has 1 atom stereocenters. The van der Waals surface area contributed by atoms with Gasteiger partial charge in [0.05, 0.1) is 11.6 Å². The molecule has 1 N–H and O–H groups in total. The summed E-state index contributed by atoms with van der Waals surface area (Å²) in [6, 6.07) is 3.52. The van der Waals surface area contributed by atoms with Crippen LogP contribution in [-0.2, 0) is 6.54 Å². The number of nitrogens with one attached hydrogen (secondary N) is 1. The predicted molar refractivity (Wildman–Crippen MR) is 84.6 cm³/mol. The predicted octanol–water partition coefficient (Wildman–Crippen LogP) is 2.30. The van der Waals surface area contributed by atoms with Gasteiger partial charge in [0.1, 0.15) is 17.2 Å². The molecule has 1 saturated carbocycles. The van der Waals surface area contributed by atoms with Crippen LogP contribution in [0.25, 0.3) is 0 Å². The van der Waals surface area contributed by atoms with Gasteiger partial charge in [-0.3, -0.25) is 4.79 Å². The fourth-order valence-electron chi connectivity index (χ4n) is 2.53. The van der Waals surface area contributed by atoms with E-state index in [-0.39, 0.29) is 11.9 Å². The van der Waals surface area contributed by atoms with Gasteiger partial charge in [-0.15, -0.1) is 11.8 Å². The van der Waals surface area contributed by atoms with Crippen LogP contribution in [0, 0.1) is 5.92 Å². The van der Waals surface area contributed by atoms with E-state index < -0.39 is 0 Å². The normalized spacial score (nSPS) is 15.5. The Hall–Kier alpha value is -1.89. The number of aromatic nitrogens is 4. The summed E-state index contributed by atoms with van der Waals surface area (Å²) in [6.45, 7) is 2.77. The highest BCUT2D eigenvalue weighted by molar-refractivity contribution is 7.98. The molecular formula is C15H19N5OS. The van der Waals surface area contributed by atoms with Crippen molar-refractivity contribution >= 4 is 17.7 Å². The standard InChI is InChI=1S/C15H19N5OS/c1-3-20-13(17-9-18-20)12(10-6-7-10)19-14(21)11-5-4-8-16-15(11)22-2/h4-5,8-10,12H,3,6-7H2,1-2H3,(H,19,21)/t12-/m1/s1. The lowest BCUT2D eigenvalue weighted by Crippen LogP contribution is -2.32. The molecule has 3 rings (SSSR count). The molecule has 0 aromatic carbocycles. The smallest absolute Gasteiger partial charge is 0.254 e. The summed E-state index contributed by atoms with van der Waals surface area (Å²) < 4.78 is 1.85. The van der Waals surface area contributed by atoms with Gasteiger partial charge in [-0.05, 0) is 44.1 Å². The average molecular weight is 317 g/mol. The highest BCUT2D eigenvalue weighted by Gasteiger charge is 2.36. The molecule has 2 aromatic heterocycles. The SMILES string of the molecule is CCn1ncnc1[C@H](NC(=O)c1cccnc1SC)C1CC1. The van der Waals surface area contributed by atoms with Gasteiger partial charge in [0.2, 0.25) is 0 Å². The van der Waals surface area contributed by atoms with Gasteiger partial charge in [-0.25, -0.2) is 14.6 Å². The maximum Gasteiger partial charge on any atom is 0.254 e. The lowest BCUT2D eigenvalue weighted by Gasteiger charge is -2.18. The van der Waals surface area contributed by atoms with Crippen molar-refractivity contribution in [2.75, 3.05) is 6.26 Å². The van der Waals surface area contributed by atoms with Crippen LogP contribution >= 0.6 is 11.8 Å². The summed E-state index contributed by atoms with van der Waals surface area (Å²) in [7, 11) is 0.